The van der Waals surface area contributed by atoms with Gasteiger partial charge in [-0.3, -0.25) is 4.79 Å². The minimum atomic E-state index is -2.69. The number of carbonyl (C=O) groups excluding carboxylic acids is 1. The number of alkyl halides is 2. The van der Waals surface area contributed by atoms with Gasteiger partial charge in [0.2, 0.25) is 0 Å². The van der Waals surface area contributed by atoms with Gasteiger partial charge in [-0.2, -0.15) is 0 Å². The number of aryl methyl sites for hydroxylation is 1. The maximum atomic E-state index is 13.1. The van der Waals surface area contributed by atoms with Crippen LogP contribution in [-0.4, -0.2) is 28.5 Å². The molecular weight excluding hydrogens is 542 g/mol. The van der Waals surface area contributed by atoms with Crippen LogP contribution in [0.1, 0.15) is 27.3 Å². The second-order valence-electron chi connectivity index (χ2n) is 7.89. The molecule has 0 atom stereocenters. The summed E-state index contributed by atoms with van der Waals surface area (Å²) in [7, 11) is 1.81. The molecule has 0 spiro atoms. The highest BCUT2D eigenvalue weighted by atomic mass is 79.9. The second kappa shape index (κ2) is 10.7. The number of benzene rings is 3. The highest BCUT2D eigenvalue weighted by Crippen LogP contribution is 2.29. The van der Waals surface area contributed by atoms with Gasteiger partial charge in [0.05, 0.1) is 16.6 Å². The van der Waals surface area contributed by atoms with Crippen molar-refractivity contribution < 1.29 is 18.3 Å². The molecule has 35 heavy (non-hydrogen) atoms. The van der Waals surface area contributed by atoms with Gasteiger partial charge in [-0.05, 0) is 47.5 Å². The van der Waals surface area contributed by atoms with E-state index in [1.165, 1.54) is 0 Å². The van der Waals surface area contributed by atoms with Crippen LogP contribution in [0.15, 0.2) is 59.1 Å². The van der Waals surface area contributed by atoms with Gasteiger partial charge in [0.1, 0.15) is 18.2 Å². The lowest BCUT2D eigenvalue weighted by Gasteiger charge is -2.12. The second-order valence-corrected chi connectivity index (χ2v) is 9.22. The van der Waals surface area contributed by atoms with Crippen molar-refractivity contribution in [2.45, 2.75) is 19.4 Å². The lowest BCUT2D eigenvalue weighted by molar-refractivity contribution is 0.0804. The molecule has 4 aromatic rings. The minimum absolute atomic E-state index is 0.0464. The number of hydrogen-bond donors (Lipinski definition) is 2. The molecule has 6 nitrogen and oxygen atoms in total. The Balaban J connectivity index is 1.72. The van der Waals surface area contributed by atoms with Crippen molar-refractivity contribution >= 4 is 50.2 Å². The molecule has 4 rings (SSSR count). The zero-order valence-corrected chi connectivity index (χ0v) is 21.0. The van der Waals surface area contributed by atoms with Crippen LogP contribution in [0.25, 0.3) is 11.0 Å². The van der Waals surface area contributed by atoms with Crippen LogP contribution in [0.3, 0.4) is 0 Å². The third-order valence-electron chi connectivity index (χ3n) is 5.48. The van der Waals surface area contributed by atoms with Crippen molar-refractivity contribution in [3.8, 4) is 5.75 Å². The van der Waals surface area contributed by atoms with E-state index in [4.69, 9.17) is 22.1 Å². The highest BCUT2D eigenvalue weighted by molar-refractivity contribution is 9.10. The first-order valence-corrected chi connectivity index (χ1v) is 11.9. The Labute approximate surface area is 214 Å². The largest absolute Gasteiger partial charge is 0.487 e. The van der Waals surface area contributed by atoms with Crippen LogP contribution in [0.2, 0.25) is 5.02 Å². The van der Waals surface area contributed by atoms with Gasteiger partial charge >= 0.3 is 0 Å². The summed E-state index contributed by atoms with van der Waals surface area (Å²) in [6, 6.07) is 15.7. The van der Waals surface area contributed by atoms with Gasteiger partial charge in [0.25, 0.3) is 12.3 Å². The lowest BCUT2D eigenvalue weighted by atomic mass is 10.1. The normalized spacial score (nSPS) is 11.3. The number of aromatic nitrogens is 2. The van der Waals surface area contributed by atoms with E-state index < -0.39 is 18.9 Å². The fourth-order valence-electron chi connectivity index (χ4n) is 3.67. The summed E-state index contributed by atoms with van der Waals surface area (Å²) < 4.78 is 33.8. The summed E-state index contributed by atoms with van der Waals surface area (Å²) in [6.07, 6.45) is -2.27. The molecule has 0 saturated heterocycles. The topological polar surface area (TPSA) is 82.2 Å². The number of anilines is 1. The van der Waals surface area contributed by atoms with Crippen molar-refractivity contribution in [1.82, 2.24) is 9.55 Å². The van der Waals surface area contributed by atoms with Gasteiger partial charge in [-0.25, -0.2) is 13.8 Å². The Morgan fingerprint density at radius 3 is 2.63 bits per heavy atom. The maximum Gasteiger partial charge on any atom is 0.272 e. The predicted molar refractivity (Wildman–Crippen MR) is 136 cm³/mol. The Bertz CT molecular complexity index is 1380. The molecule has 0 saturated carbocycles. The van der Waals surface area contributed by atoms with Crippen molar-refractivity contribution in [1.29, 1.82) is 0 Å². The number of carbonyl (C=O) groups is 1. The molecule has 3 aromatic carbocycles. The van der Waals surface area contributed by atoms with Crippen LogP contribution in [0, 0.1) is 0 Å². The molecule has 0 unspecified atom stereocenters. The monoisotopic (exact) mass is 562 g/mol. The zero-order chi connectivity index (χ0) is 25.1. The van der Waals surface area contributed by atoms with Crippen molar-refractivity contribution in [3.05, 3.63) is 86.6 Å². The summed E-state index contributed by atoms with van der Waals surface area (Å²) in [4.78, 5) is 17.7. The molecular formula is C25H22BrClF2N4O2. The lowest BCUT2D eigenvalue weighted by Crippen LogP contribution is -2.15. The quantitative estimate of drug-likeness (QED) is 0.278. The molecule has 0 aliphatic carbocycles. The van der Waals surface area contributed by atoms with E-state index in [2.05, 4.69) is 26.2 Å². The predicted octanol–water partition coefficient (Wildman–Crippen LogP) is 5.93. The number of ether oxygens (including phenoxy) is 1. The number of imidazole rings is 1. The molecule has 0 radical (unpaired) electrons. The maximum absolute atomic E-state index is 13.1. The van der Waals surface area contributed by atoms with E-state index in [9.17, 15) is 13.6 Å². The summed E-state index contributed by atoms with van der Waals surface area (Å²) in [5.41, 5.74) is 9.37. The van der Waals surface area contributed by atoms with E-state index in [0.717, 1.165) is 15.6 Å². The standard InChI is InChI=1S/C25H22BrClF2N4O2/c1-33-21-11-22(35-13-23(28)29)18(25(34)31-17-5-3-16(26)4-6-17)10-20(21)32-24(33)9-15-8-14(12-30)2-7-19(15)27/h2-8,10-11,23H,9,12-13,30H2,1H3,(H,31,34). The first-order valence-electron chi connectivity index (χ1n) is 10.7. The van der Waals surface area contributed by atoms with E-state index in [-0.39, 0.29) is 11.3 Å². The number of nitrogens with zero attached hydrogens (tertiary/aromatic N) is 2. The molecule has 182 valence electrons. The van der Waals surface area contributed by atoms with E-state index in [0.29, 0.717) is 40.5 Å². The highest BCUT2D eigenvalue weighted by Gasteiger charge is 2.20. The Morgan fingerprint density at radius 2 is 1.94 bits per heavy atom. The molecule has 0 fully saturated rings. The molecule has 1 heterocycles. The number of hydrogen-bond acceptors (Lipinski definition) is 4. The van der Waals surface area contributed by atoms with Crippen molar-refractivity contribution in [3.63, 3.8) is 0 Å². The smallest absolute Gasteiger partial charge is 0.272 e. The SMILES string of the molecule is Cn1c(Cc2cc(CN)ccc2Cl)nc2cc(C(=O)Nc3ccc(Br)cc3)c(OCC(F)F)cc21. The number of amides is 1. The van der Waals surface area contributed by atoms with E-state index in [1.54, 1.807) is 42.5 Å². The number of fused-ring (bicyclic) bond motifs is 1. The van der Waals surface area contributed by atoms with Crippen LogP contribution in [-0.2, 0) is 20.0 Å². The molecule has 1 amide bonds. The van der Waals surface area contributed by atoms with Gasteiger partial charge in [-0.15, -0.1) is 0 Å². The minimum Gasteiger partial charge on any atom is -0.487 e. The van der Waals surface area contributed by atoms with Crippen LogP contribution < -0.4 is 15.8 Å². The summed E-state index contributed by atoms with van der Waals surface area (Å²) in [5, 5.41) is 3.36. The van der Waals surface area contributed by atoms with Crippen LogP contribution >= 0.6 is 27.5 Å². The average Bonchev–Trinajstić information content (AvgIpc) is 3.14. The molecule has 3 N–H and O–H groups in total. The van der Waals surface area contributed by atoms with Crippen molar-refractivity contribution in [2.75, 3.05) is 11.9 Å². The third kappa shape index (κ3) is 5.80. The van der Waals surface area contributed by atoms with Gasteiger partial charge in [0, 0.05) is 41.3 Å². The molecule has 0 bridgehead atoms. The summed E-state index contributed by atoms with van der Waals surface area (Å²) in [6.45, 7) is -0.454. The van der Waals surface area contributed by atoms with Gasteiger partial charge in [-0.1, -0.05) is 39.7 Å². The van der Waals surface area contributed by atoms with E-state index in [1.807, 2.05) is 23.7 Å². The van der Waals surface area contributed by atoms with E-state index >= 15 is 0 Å². The Morgan fingerprint density at radius 1 is 1.20 bits per heavy atom. The number of rotatable bonds is 8. The molecule has 1 aromatic heterocycles. The van der Waals surface area contributed by atoms with Crippen LogP contribution in [0.5, 0.6) is 5.75 Å². The fourth-order valence-corrected chi connectivity index (χ4v) is 4.12. The summed E-state index contributed by atoms with van der Waals surface area (Å²) in [5.74, 6) is 0.232. The first-order chi connectivity index (χ1) is 16.7. The van der Waals surface area contributed by atoms with Crippen molar-refractivity contribution in [2.24, 2.45) is 12.8 Å². The Kier molecular flexibility index (Phi) is 7.69. The van der Waals surface area contributed by atoms with Gasteiger partial charge in [0.15, 0.2) is 0 Å². The number of nitrogens with two attached hydrogens (primary N) is 1. The fraction of sp³-hybridized carbons (Fsp3) is 0.200. The zero-order valence-electron chi connectivity index (χ0n) is 18.7. The third-order valence-corrected chi connectivity index (χ3v) is 6.38. The Hall–Kier alpha value is -3.01. The average molecular weight is 564 g/mol. The summed E-state index contributed by atoms with van der Waals surface area (Å²) >= 11 is 9.72. The molecule has 0 aliphatic heterocycles. The number of halogens is 4. The number of nitrogens with one attached hydrogen (secondary N) is 1. The van der Waals surface area contributed by atoms with Gasteiger partial charge < -0.3 is 20.4 Å². The molecule has 0 aliphatic rings. The van der Waals surface area contributed by atoms with Crippen LogP contribution in [0.4, 0.5) is 14.5 Å². The molecule has 10 heteroatoms. The first kappa shape index (κ1) is 25.1.